The highest BCUT2D eigenvalue weighted by Crippen LogP contribution is 2.10. The molecule has 0 saturated carbocycles. The van der Waals surface area contributed by atoms with Gasteiger partial charge in [-0.3, -0.25) is 19.2 Å². The summed E-state index contributed by atoms with van der Waals surface area (Å²) >= 11 is 0. The Morgan fingerprint density at radius 1 is 0.812 bits per heavy atom. The van der Waals surface area contributed by atoms with E-state index in [0.29, 0.717) is 18.5 Å². The SMILES string of the molecule is CCNC(=O)C(=O)C(Cc1ccccc1)NC(=O)C(CC(C)C)NC(=O)c1ccccc1. The molecule has 32 heavy (non-hydrogen) atoms. The van der Waals surface area contributed by atoms with E-state index >= 15 is 0 Å². The molecule has 0 radical (unpaired) electrons. The van der Waals surface area contributed by atoms with Crippen LogP contribution in [-0.2, 0) is 20.8 Å². The van der Waals surface area contributed by atoms with Crippen LogP contribution in [0.15, 0.2) is 60.7 Å². The summed E-state index contributed by atoms with van der Waals surface area (Å²) < 4.78 is 0. The number of Topliss-reactive ketones (excluding diaryl/α,β-unsaturated/α-hetero) is 1. The van der Waals surface area contributed by atoms with E-state index in [1.807, 2.05) is 44.2 Å². The number of hydrogen-bond acceptors (Lipinski definition) is 4. The van der Waals surface area contributed by atoms with Crippen LogP contribution in [-0.4, -0.2) is 42.1 Å². The topological polar surface area (TPSA) is 104 Å². The lowest BCUT2D eigenvalue weighted by molar-refractivity contribution is -0.140. The van der Waals surface area contributed by atoms with E-state index in [2.05, 4.69) is 16.0 Å². The van der Waals surface area contributed by atoms with E-state index in [4.69, 9.17) is 0 Å². The van der Waals surface area contributed by atoms with E-state index in [0.717, 1.165) is 5.56 Å². The molecule has 7 heteroatoms. The molecule has 2 aromatic rings. The zero-order chi connectivity index (χ0) is 23.5. The molecular weight excluding hydrogens is 406 g/mol. The number of rotatable bonds is 11. The number of amides is 3. The maximum Gasteiger partial charge on any atom is 0.289 e. The molecule has 0 bridgehead atoms. The van der Waals surface area contributed by atoms with E-state index in [9.17, 15) is 19.2 Å². The highest BCUT2D eigenvalue weighted by molar-refractivity contribution is 6.38. The van der Waals surface area contributed by atoms with Gasteiger partial charge in [0, 0.05) is 18.5 Å². The first-order valence-electron chi connectivity index (χ1n) is 10.8. The summed E-state index contributed by atoms with van der Waals surface area (Å²) in [6.45, 7) is 5.90. The number of nitrogens with one attached hydrogen (secondary N) is 3. The summed E-state index contributed by atoms with van der Waals surface area (Å²) in [5, 5.41) is 7.96. The average molecular weight is 438 g/mol. The van der Waals surface area contributed by atoms with Gasteiger partial charge in [-0.05, 0) is 37.0 Å². The van der Waals surface area contributed by atoms with Gasteiger partial charge >= 0.3 is 0 Å². The lowest BCUT2D eigenvalue weighted by atomic mass is 9.99. The maximum atomic E-state index is 13.1. The Morgan fingerprint density at radius 3 is 1.97 bits per heavy atom. The van der Waals surface area contributed by atoms with E-state index in [1.54, 1.807) is 37.3 Å². The summed E-state index contributed by atoms with van der Waals surface area (Å²) in [6.07, 6.45) is 0.557. The van der Waals surface area contributed by atoms with Crippen molar-refractivity contribution >= 4 is 23.5 Å². The Hall–Kier alpha value is -3.48. The van der Waals surface area contributed by atoms with E-state index < -0.39 is 29.7 Å². The fourth-order valence-electron chi connectivity index (χ4n) is 3.27. The molecule has 2 aromatic carbocycles. The first-order valence-corrected chi connectivity index (χ1v) is 10.8. The van der Waals surface area contributed by atoms with Gasteiger partial charge in [-0.15, -0.1) is 0 Å². The Labute approximate surface area is 189 Å². The van der Waals surface area contributed by atoms with Crippen LogP contribution in [0.4, 0.5) is 0 Å². The zero-order valence-corrected chi connectivity index (χ0v) is 18.8. The Morgan fingerprint density at radius 2 is 1.41 bits per heavy atom. The van der Waals surface area contributed by atoms with Crippen LogP contribution >= 0.6 is 0 Å². The normalized spacial score (nSPS) is 12.5. The fraction of sp³-hybridized carbons (Fsp3) is 0.360. The molecule has 0 aliphatic carbocycles. The number of hydrogen-bond donors (Lipinski definition) is 3. The average Bonchev–Trinajstić information content (AvgIpc) is 2.78. The summed E-state index contributed by atoms with van der Waals surface area (Å²) in [6, 6.07) is 15.9. The second-order valence-electron chi connectivity index (χ2n) is 8.00. The molecular formula is C25H31N3O4. The number of ketones is 1. The third kappa shape index (κ3) is 7.65. The maximum absolute atomic E-state index is 13.1. The van der Waals surface area contributed by atoms with Crippen LogP contribution in [0.25, 0.3) is 0 Å². The van der Waals surface area contributed by atoms with Crippen molar-refractivity contribution in [1.29, 1.82) is 0 Å². The van der Waals surface area contributed by atoms with Crippen LogP contribution in [0.1, 0.15) is 43.1 Å². The van der Waals surface area contributed by atoms with Gasteiger partial charge < -0.3 is 16.0 Å². The van der Waals surface area contributed by atoms with Crippen molar-refractivity contribution in [3.63, 3.8) is 0 Å². The molecule has 0 aliphatic heterocycles. The highest BCUT2D eigenvalue weighted by Gasteiger charge is 2.30. The first kappa shape index (κ1) is 24.8. The molecule has 0 spiro atoms. The lowest BCUT2D eigenvalue weighted by Gasteiger charge is -2.24. The highest BCUT2D eigenvalue weighted by atomic mass is 16.2. The van der Waals surface area contributed by atoms with Crippen molar-refractivity contribution in [1.82, 2.24) is 16.0 Å². The minimum absolute atomic E-state index is 0.119. The number of carbonyl (C=O) groups is 4. The number of benzene rings is 2. The molecule has 3 amide bonds. The van der Waals surface area contributed by atoms with E-state index in [1.165, 1.54) is 0 Å². The van der Waals surface area contributed by atoms with Gasteiger partial charge in [0.15, 0.2) is 0 Å². The summed E-state index contributed by atoms with van der Waals surface area (Å²) in [4.78, 5) is 50.7. The Bertz CT molecular complexity index is 913. The molecule has 0 aliphatic rings. The van der Waals surface area contributed by atoms with Gasteiger partial charge in [0.2, 0.25) is 11.7 Å². The number of likely N-dealkylation sites (N-methyl/N-ethyl adjacent to an activating group) is 1. The smallest absolute Gasteiger partial charge is 0.289 e. The standard InChI is InChI=1S/C25H31N3O4/c1-4-26-25(32)22(29)20(16-18-11-7-5-8-12-18)27-24(31)21(15-17(2)3)28-23(30)19-13-9-6-10-14-19/h5-14,17,20-21H,4,15-16H2,1-3H3,(H,26,32)(H,27,31)(H,28,30). The summed E-state index contributed by atoms with van der Waals surface area (Å²) in [7, 11) is 0. The molecule has 3 N–H and O–H groups in total. The molecule has 0 aromatic heterocycles. The molecule has 0 heterocycles. The van der Waals surface area contributed by atoms with Crippen LogP contribution in [0.5, 0.6) is 0 Å². The van der Waals surface area contributed by atoms with Crippen molar-refractivity contribution in [3.8, 4) is 0 Å². The molecule has 2 rings (SSSR count). The zero-order valence-electron chi connectivity index (χ0n) is 18.8. The Balaban J connectivity index is 2.20. The monoisotopic (exact) mass is 437 g/mol. The fourth-order valence-corrected chi connectivity index (χ4v) is 3.27. The summed E-state index contributed by atoms with van der Waals surface area (Å²) in [5.41, 5.74) is 1.25. The molecule has 0 saturated heterocycles. The van der Waals surface area contributed by atoms with Crippen molar-refractivity contribution < 1.29 is 19.2 Å². The van der Waals surface area contributed by atoms with Gasteiger partial charge in [-0.25, -0.2) is 0 Å². The molecule has 7 nitrogen and oxygen atoms in total. The minimum atomic E-state index is -1.04. The second kappa shape index (κ2) is 12.4. The van der Waals surface area contributed by atoms with Gasteiger partial charge in [-0.1, -0.05) is 62.4 Å². The Kier molecular flexibility index (Phi) is 9.60. The van der Waals surface area contributed by atoms with Gasteiger partial charge in [0.1, 0.15) is 12.1 Å². The van der Waals surface area contributed by atoms with Crippen LogP contribution in [0.2, 0.25) is 0 Å². The van der Waals surface area contributed by atoms with Crippen molar-refractivity contribution in [3.05, 3.63) is 71.8 Å². The van der Waals surface area contributed by atoms with Gasteiger partial charge in [-0.2, -0.15) is 0 Å². The molecule has 2 unspecified atom stereocenters. The third-order valence-corrected chi connectivity index (χ3v) is 4.84. The lowest BCUT2D eigenvalue weighted by Crippen LogP contribution is -2.54. The first-order chi connectivity index (χ1) is 15.3. The molecule has 0 fully saturated rings. The summed E-state index contributed by atoms with van der Waals surface area (Å²) in [5.74, 6) is -2.22. The third-order valence-electron chi connectivity index (χ3n) is 4.84. The predicted octanol–water partition coefficient (Wildman–Crippen LogP) is 2.26. The predicted molar refractivity (Wildman–Crippen MR) is 123 cm³/mol. The van der Waals surface area contributed by atoms with E-state index in [-0.39, 0.29) is 18.2 Å². The molecule has 2 atom stereocenters. The van der Waals surface area contributed by atoms with Crippen LogP contribution in [0, 0.1) is 5.92 Å². The molecule has 170 valence electrons. The quantitative estimate of drug-likeness (QED) is 0.469. The van der Waals surface area contributed by atoms with Crippen molar-refractivity contribution in [2.45, 2.75) is 45.7 Å². The number of carbonyl (C=O) groups excluding carboxylic acids is 4. The van der Waals surface area contributed by atoms with Crippen LogP contribution in [0.3, 0.4) is 0 Å². The second-order valence-corrected chi connectivity index (χ2v) is 8.00. The largest absolute Gasteiger partial charge is 0.350 e. The van der Waals surface area contributed by atoms with Crippen LogP contribution < -0.4 is 16.0 Å². The minimum Gasteiger partial charge on any atom is -0.350 e. The van der Waals surface area contributed by atoms with Crippen molar-refractivity contribution in [2.75, 3.05) is 6.54 Å². The van der Waals surface area contributed by atoms with Gasteiger partial charge in [0.25, 0.3) is 11.8 Å². The van der Waals surface area contributed by atoms with Gasteiger partial charge in [0.05, 0.1) is 0 Å². The van der Waals surface area contributed by atoms with Crippen molar-refractivity contribution in [2.24, 2.45) is 5.92 Å².